The zero-order chi connectivity index (χ0) is 11.4. The maximum Gasteiger partial charge on any atom is 0.127 e. The molecule has 0 aromatic heterocycles. The van der Waals surface area contributed by atoms with Gasteiger partial charge in [0.05, 0.1) is 0 Å². The van der Waals surface area contributed by atoms with Gasteiger partial charge in [-0.05, 0) is 19.3 Å². The SMILES string of the molecule is CCC(C)N1CC2[C@@H]([C@H]1C(C)C)C2(Cl)Cl. The van der Waals surface area contributed by atoms with Crippen molar-refractivity contribution in [1.82, 2.24) is 4.90 Å². The molecule has 1 heterocycles. The third-order valence-corrected chi connectivity index (χ3v) is 5.33. The van der Waals surface area contributed by atoms with E-state index >= 15 is 0 Å². The molecule has 15 heavy (non-hydrogen) atoms. The maximum atomic E-state index is 6.30. The van der Waals surface area contributed by atoms with Gasteiger partial charge in [0.15, 0.2) is 0 Å². The molecule has 4 atom stereocenters. The third-order valence-electron chi connectivity index (χ3n) is 4.26. The van der Waals surface area contributed by atoms with Crippen LogP contribution in [0.5, 0.6) is 0 Å². The van der Waals surface area contributed by atoms with Crippen molar-refractivity contribution < 1.29 is 0 Å². The molecule has 0 bridgehead atoms. The number of nitrogens with zero attached hydrogens (tertiary/aromatic N) is 1. The minimum absolute atomic E-state index is 0.418. The Morgan fingerprint density at radius 1 is 1.33 bits per heavy atom. The van der Waals surface area contributed by atoms with E-state index in [1.807, 2.05) is 0 Å². The van der Waals surface area contributed by atoms with Crippen LogP contribution in [0.25, 0.3) is 0 Å². The molecule has 0 N–H and O–H groups in total. The smallest absolute Gasteiger partial charge is 0.127 e. The topological polar surface area (TPSA) is 3.24 Å². The molecule has 0 amide bonds. The molecule has 0 radical (unpaired) electrons. The van der Waals surface area contributed by atoms with Gasteiger partial charge in [0.2, 0.25) is 0 Å². The molecule has 1 saturated carbocycles. The number of fused-ring (bicyclic) bond motifs is 1. The van der Waals surface area contributed by atoms with E-state index in [0.717, 1.165) is 6.54 Å². The first kappa shape index (κ1) is 12.0. The Bertz CT molecular complexity index is 252. The molecule has 0 aromatic carbocycles. The van der Waals surface area contributed by atoms with Crippen LogP contribution in [0, 0.1) is 17.8 Å². The summed E-state index contributed by atoms with van der Waals surface area (Å²) >= 11 is 12.6. The summed E-state index contributed by atoms with van der Waals surface area (Å²) in [6, 6.07) is 1.24. The summed E-state index contributed by atoms with van der Waals surface area (Å²) in [6.45, 7) is 10.2. The van der Waals surface area contributed by atoms with Gasteiger partial charge >= 0.3 is 0 Å². The van der Waals surface area contributed by atoms with Crippen LogP contribution in [0.2, 0.25) is 0 Å². The minimum atomic E-state index is -0.418. The molecule has 2 unspecified atom stereocenters. The van der Waals surface area contributed by atoms with Gasteiger partial charge in [0.1, 0.15) is 4.33 Å². The number of alkyl halides is 2. The fourth-order valence-electron chi connectivity index (χ4n) is 3.18. The van der Waals surface area contributed by atoms with Crippen LogP contribution in [-0.4, -0.2) is 27.9 Å². The molecule has 0 spiro atoms. The molecule has 2 aliphatic rings. The Morgan fingerprint density at radius 3 is 2.40 bits per heavy atom. The van der Waals surface area contributed by atoms with Crippen LogP contribution >= 0.6 is 23.2 Å². The lowest BCUT2D eigenvalue weighted by Crippen LogP contribution is -2.44. The number of likely N-dealkylation sites (tertiary alicyclic amines) is 1. The van der Waals surface area contributed by atoms with Crippen LogP contribution in [0.4, 0.5) is 0 Å². The molecule has 2 fully saturated rings. The van der Waals surface area contributed by atoms with E-state index in [9.17, 15) is 0 Å². The fraction of sp³-hybridized carbons (Fsp3) is 1.00. The van der Waals surface area contributed by atoms with Crippen LogP contribution in [0.1, 0.15) is 34.1 Å². The number of rotatable bonds is 3. The van der Waals surface area contributed by atoms with E-state index in [1.165, 1.54) is 6.42 Å². The van der Waals surface area contributed by atoms with E-state index in [2.05, 4.69) is 32.6 Å². The Labute approximate surface area is 103 Å². The predicted molar refractivity (Wildman–Crippen MR) is 66.5 cm³/mol. The average Bonchev–Trinajstić information content (AvgIpc) is 2.60. The van der Waals surface area contributed by atoms with Gasteiger partial charge in [-0.2, -0.15) is 0 Å². The van der Waals surface area contributed by atoms with Crippen molar-refractivity contribution in [3.63, 3.8) is 0 Å². The van der Waals surface area contributed by atoms with Gasteiger partial charge in [-0.25, -0.2) is 0 Å². The lowest BCUT2D eigenvalue weighted by Gasteiger charge is -2.36. The first-order valence-electron chi connectivity index (χ1n) is 6.04. The number of hydrogen-bond donors (Lipinski definition) is 0. The minimum Gasteiger partial charge on any atom is -0.297 e. The van der Waals surface area contributed by atoms with E-state index in [1.54, 1.807) is 0 Å². The molecule has 1 aliphatic heterocycles. The van der Waals surface area contributed by atoms with Crippen molar-refractivity contribution in [3.8, 4) is 0 Å². The quantitative estimate of drug-likeness (QED) is 0.692. The van der Waals surface area contributed by atoms with Crippen molar-refractivity contribution in [2.45, 2.75) is 50.5 Å². The molecule has 1 aliphatic carbocycles. The molecule has 3 heteroatoms. The number of hydrogen-bond acceptors (Lipinski definition) is 1. The van der Waals surface area contributed by atoms with E-state index in [-0.39, 0.29) is 0 Å². The van der Waals surface area contributed by atoms with E-state index in [0.29, 0.717) is 29.8 Å². The molecular formula is C12H21Cl2N. The molecular weight excluding hydrogens is 229 g/mol. The first-order chi connectivity index (χ1) is 6.91. The fourth-order valence-corrected chi connectivity index (χ4v) is 4.02. The second kappa shape index (κ2) is 3.78. The van der Waals surface area contributed by atoms with Crippen LogP contribution < -0.4 is 0 Å². The summed E-state index contributed by atoms with van der Waals surface area (Å²) in [7, 11) is 0. The van der Waals surface area contributed by atoms with Gasteiger partial charge in [0, 0.05) is 30.5 Å². The first-order valence-corrected chi connectivity index (χ1v) is 6.80. The highest BCUT2D eigenvalue weighted by atomic mass is 35.5. The molecule has 0 aromatic rings. The Kier molecular flexibility index (Phi) is 3.03. The van der Waals surface area contributed by atoms with Crippen LogP contribution in [0.3, 0.4) is 0 Å². The molecule has 1 saturated heterocycles. The summed E-state index contributed by atoms with van der Waals surface area (Å²) in [5.41, 5.74) is 0. The Hall–Kier alpha value is 0.540. The summed E-state index contributed by atoms with van der Waals surface area (Å²) in [4.78, 5) is 2.61. The predicted octanol–water partition coefficient (Wildman–Crippen LogP) is 3.55. The standard InChI is InChI=1S/C12H21Cl2N/c1-5-8(4)15-6-9-10(12(9,13)14)11(15)7(2)3/h7-11H,5-6H2,1-4H3/t8?,9?,10-,11+/m0/s1. The van der Waals surface area contributed by atoms with E-state index < -0.39 is 4.33 Å². The summed E-state index contributed by atoms with van der Waals surface area (Å²) < 4.78 is -0.418. The molecule has 1 nitrogen and oxygen atoms in total. The third kappa shape index (κ3) is 1.71. The monoisotopic (exact) mass is 249 g/mol. The highest BCUT2D eigenvalue weighted by molar-refractivity contribution is 6.51. The summed E-state index contributed by atoms with van der Waals surface area (Å²) in [6.07, 6.45) is 1.21. The van der Waals surface area contributed by atoms with Crippen molar-refractivity contribution in [1.29, 1.82) is 0 Å². The average molecular weight is 250 g/mol. The van der Waals surface area contributed by atoms with Crippen molar-refractivity contribution in [3.05, 3.63) is 0 Å². The number of halogens is 2. The maximum absolute atomic E-state index is 6.30. The molecule has 88 valence electrons. The van der Waals surface area contributed by atoms with Crippen LogP contribution in [0.15, 0.2) is 0 Å². The van der Waals surface area contributed by atoms with Gasteiger partial charge < -0.3 is 0 Å². The van der Waals surface area contributed by atoms with Crippen molar-refractivity contribution in [2.75, 3.05) is 6.54 Å². The highest BCUT2D eigenvalue weighted by Crippen LogP contribution is 2.66. The van der Waals surface area contributed by atoms with Crippen molar-refractivity contribution >= 4 is 23.2 Å². The Morgan fingerprint density at radius 2 is 1.93 bits per heavy atom. The van der Waals surface area contributed by atoms with E-state index in [4.69, 9.17) is 23.2 Å². The largest absolute Gasteiger partial charge is 0.297 e. The summed E-state index contributed by atoms with van der Waals surface area (Å²) in [5, 5.41) is 0. The highest BCUT2D eigenvalue weighted by Gasteiger charge is 2.71. The zero-order valence-corrected chi connectivity index (χ0v) is 11.5. The lowest BCUT2D eigenvalue weighted by molar-refractivity contribution is 0.124. The normalized spacial score (nSPS) is 40.6. The zero-order valence-electron chi connectivity index (χ0n) is 10.0. The summed E-state index contributed by atoms with van der Waals surface area (Å²) in [5.74, 6) is 1.67. The van der Waals surface area contributed by atoms with Gasteiger partial charge in [-0.1, -0.05) is 20.8 Å². The van der Waals surface area contributed by atoms with Gasteiger partial charge in [-0.3, -0.25) is 4.90 Å². The number of piperidine rings is 1. The van der Waals surface area contributed by atoms with Crippen LogP contribution in [-0.2, 0) is 0 Å². The van der Waals surface area contributed by atoms with Gasteiger partial charge in [0.25, 0.3) is 0 Å². The second-order valence-electron chi connectivity index (χ2n) is 5.50. The van der Waals surface area contributed by atoms with Crippen molar-refractivity contribution in [2.24, 2.45) is 17.8 Å². The molecule has 2 rings (SSSR count). The van der Waals surface area contributed by atoms with Gasteiger partial charge in [-0.15, -0.1) is 23.2 Å². The lowest BCUT2D eigenvalue weighted by atomic mass is 9.98. The Balaban J connectivity index is 2.12. The second-order valence-corrected chi connectivity index (χ2v) is 6.94.